The number of aromatic nitrogens is 2. The highest BCUT2D eigenvalue weighted by atomic mass is 32.2. The van der Waals surface area contributed by atoms with E-state index in [1.807, 2.05) is 18.2 Å². The molecule has 0 unspecified atom stereocenters. The van der Waals surface area contributed by atoms with E-state index in [2.05, 4.69) is 41.5 Å². The summed E-state index contributed by atoms with van der Waals surface area (Å²) in [6, 6.07) is 13.9. The maximum Gasteiger partial charge on any atom is 0.257 e. The van der Waals surface area contributed by atoms with Crippen LogP contribution >= 0.6 is 11.8 Å². The number of aryl methyl sites for hydroxylation is 1. The number of Topliss-reactive ketones (excluding diaryl/α,β-unsaturated/α-hetero) is 1. The molecule has 2 aliphatic heterocycles. The van der Waals surface area contributed by atoms with Crippen LogP contribution < -0.4 is 20.3 Å². The largest absolute Gasteiger partial charge is 0.454 e. The number of benzene rings is 2. The van der Waals surface area contributed by atoms with Crippen LogP contribution in [0.25, 0.3) is 0 Å². The van der Waals surface area contributed by atoms with E-state index in [9.17, 15) is 9.59 Å². The molecule has 3 heterocycles. The Morgan fingerprint density at radius 1 is 1.06 bits per heavy atom. The minimum absolute atomic E-state index is 0.0688. The van der Waals surface area contributed by atoms with Crippen molar-refractivity contribution >= 4 is 23.4 Å². The van der Waals surface area contributed by atoms with Crippen LogP contribution in [0.1, 0.15) is 47.4 Å². The van der Waals surface area contributed by atoms with E-state index < -0.39 is 5.92 Å². The van der Waals surface area contributed by atoms with Crippen molar-refractivity contribution in [3.8, 4) is 11.5 Å². The predicted octanol–water partition coefficient (Wildman–Crippen LogP) is 4.66. The molecule has 3 aromatic rings. The number of thioether (sulfide) groups is 1. The van der Waals surface area contributed by atoms with Crippen molar-refractivity contribution in [3.63, 3.8) is 0 Å². The summed E-state index contributed by atoms with van der Waals surface area (Å²) in [5.41, 5.74) is 4.93. The van der Waals surface area contributed by atoms with Crippen LogP contribution in [0.15, 0.2) is 63.7 Å². The fraction of sp³-hybridized carbons (Fsp3) is 0.269. The van der Waals surface area contributed by atoms with Gasteiger partial charge in [0.2, 0.25) is 6.79 Å². The van der Waals surface area contributed by atoms with Gasteiger partial charge < -0.3 is 19.8 Å². The number of carbonyl (C=O) groups is 1. The van der Waals surface area contributed by atoms with Crippen LogP contribution in [0.5, 0.6) is 11.5 Å². The van der Waals surface area contributed by atoms with Crippen molar-refractivity contribution in [1.29, 1.82) is 0 Å². The average molecular weight is 474 g/mol. The van der Waals surface area contributed by atoms with Gasteiger partial charge in [-0.1, -0.05) is 47.7 Å². The monoisotopic (exact) mass is 473 g/mol. The summed E-state index contributed by atoms with van der Waals surface area (Å²) in [5.74, 6) is 2.07. The summed E-state index contributed by atoms with van der Waals surface area (Å²) in [5, 5.41) is 3.88. The number of H-pyrrole nitrogens is 1. The molecule has 172 valence electrons. The fourth-order valence-corrected chi connectivity index (χ4v) is 5.59. The molecule has 0 amide bonds. The molecule has 6 rings (SSSR count). The van der Waals surface area contributed by atoms with Crippen LogP contribution in [0.3, 0.4) is 0 Å². The fourth-order valence-electron chi connectivity index (χ4n) is 4.77. The van der Waals surface area contributed by atoms with Crippen molar-refractivity contribution in [1.82, 2.24) is 9.97 Å². The third-order valence-electron chi connectivity index (χ3n) is 6.46. The van der Waals surface area contributed by atoms with Gasteiger partial charge in [-0.25, -0.2) is 4.98 Å². The van der Waals surface area contributed by atoms with Gasteiger partial charge in [0.25, 0.3) is 5.56 Å². The Kier molecular flexibility index (Phi) is 5.17. The summed E-state index contributed by atoms with van der Waals surface area (Å²) < 4.78 is 11.0. The van der Waals surface area contributed by atoms with E-state index in [-0.39, 0.29) is 18.1 Å². The van der Waals surface area contributed by atoms with Gasteiger partial charge in [0, 0.05) is 29.4 Å². The number of nitrogens with zero attached hydrogens (tertiary/aromatic N) is 1. The van der Waals surface area contributed by atoms with Gasteiger partial charge in [-0.15, -0.1) is 0 Å². The highest BCUT2D eigenvalue weighted by Gasteiger charge is 2.38. The molecular weight excluding hydrogens is 450 g/mol. The molecule has 3 aliphatic rings. The summed E-state index contributed by atoms with van der Waals surface area (Å²) in [6.45, 7) is 2.22. The Bertz CT molecular complexity index is 1390. The Balaban J connectivity index is 1.41. The first kappa shape index (κ1) is 21.0. The second-order valence-electron chi connectivity index (χ2n) is 8.75. The molecule has 0 bridgehead atoms. The molecule has 7 nitrogen and oxygen atoms in total. The Morgan fingerprint density at radius 3 is 2.74 bits per heavy atom. The van der Waals surface area contributed by atoms with Crippen molar-refractivity contribution < 1.29 is 14.3 Å². The van der Waals surface area contributed by atoms with Gasteiger partial charge in [-0.2, -0.15) is 0 Å². The molecule has 34 heavy (non-hydrogen) atoms. The number of carbonyl (C=O) groups excluding carboxylic acids is 1. The summed E-state index contributed by atoms with van der Waals surface area (Å²) >= 11 is 1.48. The highest BCUT2D eigenvalue weighted by Crippen LogP contribution is 2.45. The number of aromatic amines is 1. The van der Waals surface area contributed by atoms with Gasteiger partial charge in [0.05, 0.1) is 5.56 Å². The topological polar surface area (TPSA) is 93.3 Å². The van der Waals surface area contributed by atoms with E-state index in [0.29, 0.717) is 45.8 Å². The van der Waals surface area contributed by atoms with Crippen molar-refractivity contribution in [2.75, 3.05) is 12.1 Å². The lowest BCUT2D eigenvalue weighted by Gasteiger charge is -2.32. The highest BCUT2D eigenvalue weighted by molar-refractivity contribution is 7.98. The van der Waals surface area contributed by atoms with Crippen LogP contribution in [0.4, 0.5) is 5.82 Å². The molecule has 0 spiro atoms. The van der Waals surface area contributed by atoms with Gasteiger partial charge in [-0.05, 0) is 43.0 Å². The molecule has 1 aliphatic carbocycles. The predicted molar refractivity (Wildman–Crippen MR) is 130 cm³/mol. The number of allylic oxidation sites excluding steroid dienone is 2. The van der Waals surface area contributed by atoms with Gasteiger partial charge in [0.15, 0.2) is 22.4 Å². The zero-order valence-electron chi connectivity index (χ0n) is 18.6. The van der Waals surface area contributed by atoms with Crippen molar-refractivity contribution in [2.24, 2.45) is 0 Å². The number of ether oxygens (including phenoxy) is 2. The third kappa shape index (κ3) is 3.68. The molecule has 8 heteroatoms. The lowest BCUT2D eigenvalue weighted by molar-refractivity contribution is -0.116. The molecule has 1 atom stereocenters. The van der Waals surface area contributed by atoms with Crippen LogP contribution in [0, 0.1) is 6.92 Å². The van der Waals surface area contributed by atoms with E-state index in [1.54, 1.807) is 0 Å². The zero-order valence-corrected chi connectivity index (χ0v) is 19.5. The number of ketones is 1. The second kappa shape index (κ2) is 8.36. The molecule has 0 saturated heterocycles. The lowest BCUT2D eigenvalue weighted by atomic mass is 9.76. The first-order valence-corrected chi connectivity index (χ1v) is 12.3. The van der Waals surface area contributed by atoms with Crippen LogP contribution in [-0.2, 0) is 10.5 Å². The molecule has 0 saturated carbocycles. The smallest absolute Gasteiger partial charge is 0.257 e. The number of hydrogen-bond donors (Lipinski definition) is 2. The summed E-state index contributed by atoms with van der Waals surface area (Å²) in [6.07, 6.45) is 2.01. The lowest BCUT2D eigenvalue weighted by Crippen LogP contribution is -2.32. The second-order valence-corrected chi connectivity index (χ2v) is 9.71. The van der Waals surface area contributed by atoms with Crippen LogP contribution in [-0.4, -0.2) is 22.5 Å². The van der Waals surface area contributed by atoms with Gasteiger partial charge in [-0.3, -0.25) is 9.59 Å². The Labute approximate surface area is 200 Å². The zero-order chi connectivity index (χ0) is 23.2. The number of hydrogen-bond acceptors (Lipinski definition) is 7. The van der Waals surface area contributed by atoms with Crippen molar-refractivity contribution in [3.05, 3.63) is 86.3 Å². The number of rotatable bonds is 4. The first-order chi connectivity index (χ1) is 16.6. The normalized spacial score (nSPS) is 18.4. The van der Waals surface area contributed by atoms with Gasteiger partial charge in [0.1, 0.15) is 5.82 Å². The minimum atomic E-state index is -0.499. The van der Waals surface area contributed by atoms with E-state index in [0.717, 1.165) is 29.7 Å². The maximum absolute atomic E-state index is 13.4. The third-order valence-corrected chi connectivity index (χ3v) is 7.41. The summed E-state index contributed by atoms with van der Waals surface area (Å²) in [4.78, 5) is 34.1. The van der Waals surface area contributed by atoms with Gasteiger partial charge >= 0.3 is 0 Å². The summed E-state index contributed by atoms with van der Waals surface area (Å²) in [7, 11) is 0. The standard InChI is InChI=1S/C26H23N3O4S/c1-14-5-7-15(8-6-14)12-34-26-28-24-23(25(31)29-26)21(22-17(27-24)3-2-4-18(22)30)16-9-10-19-20(11-16)33-13-32-19/h5-11,21H,2-4,12-13H2,1H3,(H2,27,28,29,31)/t21-/m0/s1. The number of anilines is 1. The SMILES string of the molecule is Cc1ccc(CSc2nc3c(c(=O)[nH]2)[C@@H](c2ccc4c(c2)OCO4)C2=C(CCCC2=O)N3)cc1. The average Bonchev–Trinajstić information content (AvgIpc) is 3.30. The number of fused-ring (bicyclic) bond motifs is 2. The van der Waals surface area contributed by atoms with Crippen molar-refractivity contribution in [2.45, 2.75) is 43.0 Å². The molecule has 2 N–H and O–H groups in total. The molecular formula is C26H23N3O4S. The maximum atomic E-state index is 13.4. The van der Waals surface area contributed by atoms with E-state index in [1.165, 1.54) is 17.3 Å². The van der Waals surface area contributed by atoms with E-state index >= 15 is 0 Å². The Hall–Kier alpha value is -3.52. The molecule has 0 radical (unpaired) electrons. The van der Waals surface area contributed by atoms with E-state index in [4.69, 9.17) is 14.5 Å². The Morgan fingerprint density at radius 2 is 1.88 bits per heavy atom. The first-order valence-electron chi connectivity index (χ1n) is 11.3. The quantitative estimate of drug-likeness (QED) is 0.420. The van der Waals surface area contributed by atoms with Crippen LogP contribution in [0.2, 0.25) is 0 Å². The molecule has 0 fully saturated rings. The molecule has 2 aromatic carbocycles. The minimum Gasteiger partial charge on any atom is -0.454 e. The number of nitrogens with one attached hydrogen (secondary N) is 2. The molecule has 1 aromatic heterocycles.